The zero-order valence-electron chi connectivity index (χ0n) is 8.58. The van der Waals surface area contributed by atoms with Gasteiger partial charge >= 0.3 is 12.2 Å². The molecule has 0 unspecified atom stereocenters. The number of hydrogen-bond donors (Lipinski definition) is 2. The van der Waals surface area contributed by atoms with E-state index in [9.17, 15) is 18.0 Å². The first-order chi connectivity index (χ1) is 6.91. The summed E-state index contributed by atoms with van der Waals surface area (Å²) in [6.07, 6.45) is -2.71. The molecule has 6 heteroatoms. The minimum Gasteiger partial charge on any atom is -0.338 e. The van der Waals surface area contributed by atoms with E-state index < -0.39 is 17.7 Å². The van der Waals surface area contributed by atoms with Crippen LogP contribution in [0.4, 0.5) is 18.0 Å². The Bertz CT molecular complexity index is 236. The fraction of sp³-hybridized carbons (Fsp3) is 0.889. The van der Waals surface area contributed by atoms with Gasteiger partial charge in [-0.3, -0.25) is 0 Å². The van der Waals surface area contributed by atoms with Gasteiger partial charge in [0.15, 0.2) is 0 Å². The van der Waals surface area contributed by atoms with Gasteiger partial charge in [-0.25, -0.2) is 4.79 Å². The molecule has 0 heterocycles. The summed E-state index contributed by atoms with van der Waals surface area (Å²) in [5.41, 5.74) is -1.96. The molecule has 1 aliphatic rings. The van der Waals surface area contributed by atoms with Crippen LogP contribution in [0, 0.1) is 0 Å². The number of urea groups is 1. The molecule has 0 aromatic heterocycles. The van der Waals surface area contributed by atoms with Crippen molar-refractivity contribution in [2.45, 2.75) is 44.3 Å². The van der Waals surface area contributed by atoms with Gasteiger partial charge in [-0.15, -0.1) is 0 Å². The van der Waals surface area contributed by atoms with Crippen molar-refractivity contribution in [1.29, 1.82) is 0 Å². The molecule has 2 N–H and O–H groups in total. The number of rotatable bonds is 4. The molecule has 88 valence electrons. The van der Waals surface area contributed by atoms with Crippen molar-refractivity contribution in [2.24, 2.45) is 0 Å². The molecule has 0 bridgehead atoms. The topological polar surface area (TPSA) is 41.1 Å². The van der Waals surface area contributed by atoms with Gasteiger partial charge in [0.2, 0.25) is 0 Å². The first-order valence-electron chi connectivity index (χ1n) is 5.04. The molecule has 1 aliphatic carbocycles. The Morgan fingerprint density at radius 3 is 2.40 bits per heavy atom. The molecule has 0 spiro atoms. The van der Waals surface area contributed by atoms with E-state index in [0.29, 0.717) is 6.54 Å². The number of unbranched alkanes of at least 4 members (excludes halogenated alkanes) is 1. The van der Waals surface area contributed by atoms with Crippen LogP contribution in [0.15, 0.2) is 0 Å². The molecule has 2 amide bonds. The Balaban J connectivity index is 2.32. The highest BCUT2D eigenvalue weighted by atomic mass is 19.4. The predicted octanol–water partition coefficient (Wildman–Crippen LogP) is 2.18. The summed E-state index contributed by atoms with van der Waals surface area (Å²) in [6, 6.07) is -0.724. The third-order valence-electron chi connectivity index (χ3n) is 2.46. The average molecular weight is 224 g/mol. The van der Waals surface area contributed by atoms with E-state index in [0.717, 1.165) is 12.8 Å². The van der Waals surface area contributed by atoms with Gasteiger partial charge in [-0.2, -0.15) is 13.2 Å². The molecule has 0 saturated heterocycles. The Morgan fingerprint density at radius 1 is 1.40 bits per heavy atom. The van der Waals surface area contributed by atoms with Crippen LogP contribution in [0.1, 0.15) is 32.6 Å². The quantitative estimate of drug-likeness (QED) is 0.706. The zero-order chi connectivity index (χ0) is 11.5. The smallest absolute Gasteiger partial charge is 0.338 e. The van der Waals surface area contributed by atoms with E-state index in [2.05, 4.69) is 5.32 Å². The number of hydrogen-bond acceptors (Lipinski definition) is 1. The third-order valence-corrected chi connectivity index (χ3v) is 2.46. The second-order valence-electron chi connectivity index (χ2n) is 3.81. The summed E-state index contributed by atoms with van der Waals surface area (Å²) in [5, 5.41) is 4.39. The molecule has 0 aliphatic heterocycles. The number of carbonyl (C=O) groups is 1. The van der Waals surface area contributed by atoms with Crippen molar-refractivity contribution in [2.75, 3.05) is 6.54 Å². The Kier molecular flexibility index (Phi) is 3.46. The minimum absolute atomic E-state index is 0.0162. The molecular formula is C9H15F3N2O. The summed E-state index contributed by atoms with van der Waals surface area (Å²) in [6.45, 7) is 2.36. The standard InChI is InChI=1S/C9H15F3N2O/c1-2-3-6-13-7(15)14-8(4-5-8)9(10,11)12/h2-6H2,1H3,(H2,13,14,15). The third kappa shape index (κ3) is 3.00. The average Bonchev–Trinajstić information content (AvgIpc) is 2.84. The highest BCUT2D eigenvalue weighted by Crippen LogP contribution is 2.48. The van der Waals surface area contributed by atoms with Crippen molar-refractivity contribution >= 4 is 6.03 Å². The molecule has 15 heavy (non-hydrogen) atoms. The minimum atomic E-state index is -4.34. The van der Waals surface area contributed by atoms with Crippen molar-refractivity contribution in [1.82, 2.24) is 10.6 Å². The summed E-state index contributed by atoms with van der Waals surface area (Å²) >= 11 is 0. The molecule has 1 rings (SSSR count). The summed E-state index contributed by atoms with van der Waals surface area (Å²) in [4.78, 5) is 11.1. The van der Waals surface area contributed by atoms with Gasteiger partial charge in [0.05, 0.1) is 0 Å². The number of amides is 2. The SMILES string of the molecule is CCCCNC(=O)NC1(C(F)(F)F)CC1. The fourth-order valence-corrected chi connectivity index (χ4v) is 1.24. The summed E-state index contributed by atoms with van der Waals surface area (Å²) < 4.78 is 37.2. The van der Waals surface area contributed by atoms with Crippen LogP contribution in [-0.4, -0.2) is 24.3 Å². The Labute approximate surface area is 86.4 Å². The summed E-state index contributed by atoms with van der Waals surface area (Å²) in [5.74, 6) is 0. The monoisotopic (exact) mass is 224 g/mol. The lowest BCUT2D eigenvalue weighted by Crippen LogP contribution is -2.51. The maximum absolute atomic E-state index is 12.4. The highest BCUT2D eigenvalue weighted by Gasteiger charge is 2.64. The Morgan fingerprint density at radius 2 is 2.00 bits per heavy atom. The maximum atomic E-state index is 12.4. The maximum Gasteiger partial charge on any atom is 0.411 e. The largest absolute Gasteiger partial charge is 0.411 e. The number of alkyl halides is 3. The van der Waals surface area contributed by atoms with E-state index in [-0.39, 0.29) is 12.8 Å². The van der Waals surface area contributed by atoms with Crippen molar-refractivity contribution < 1.29 is 18.0 Å². The molecule has 0 radical (unpaired) electrons. The lowest BCUT2D eigenvalue weighted by Gasteiger charge is -2.20. The lowest BCUT2D eigenvalue weighted by molar-refractivity contribution is -0.162. The first kappa shape index (κ1) is 12.1. The lowest BCUT2D eigenvalue weighted by atomic mass is 10.2. The highest BCUT2D eigenvalue weighted by molar-refractivity contribution is 5.75. The molecule has 1 saturated carbocycles. The molecule has 0 aromatic rings. The van der Waals surface area contributed by atoms with Crippen molar-refractivity contribution in [3.63, 3.8) is 0 Å². The van der Waals surface area contributed by atoms with E-state index in [1.807, 2.05) is 12.2 Å². The van der Waals surface area contributed by atoms with Crippen LogP contribution < -0.4 is 10.6 Å². The van der Waals surface area contributed by atoms with E-state index in [1.165, 1.54) is 0 Å². The fourth-order valence-electron chi connectivity index (χ4n) is 1.24. The van der Waals surface area contributed by atoms with E-state index in [4.69, 9.17) is 0 Å². The van der Waals surface area contributed by atoms with Gasteiger partial charge in [0.25, 0.3) is 0 Å². The van der Waals surface area contributed by atoms with Crippen LogP contribution >= 0.6 is 0 Å². The van der Waals surface area contributed by atoms with Crippen LogP contribution in [-0.2, 0) is 0 Å². The van der Waals surface area contributed by atoms with Gasteiger partial charge in [-0.1, -0.05) is 13.3 Å². The number of halogens is 3. The number of nitrogens with one attached hydrogen (secondary N) is 2. The van der Waals surface area contributed by atoms with Crippen LogP contribution in [0.3, 0.4) is 0 Å². The Hall–Kier alpha value is -0.940. The van der Waals surface area contributed by atoms with Crippen molar-refractivity contribution in [3.8, 4) is 0 Å². The predicted molar refractivity (Wildman–Crippen MR) is 49.5 cm³/mol. The molecule has 1 fully saturated rings. The van der Waals surface area contributed by atoms with Gasteiger partial charge < -0.3 is 10.6 Å². The van der Waals surface area contributed by atoms with E-state index in [1.54, 1.807) is 0 Å². The first-order valence-corrected chi connectivity index (χ1v) is 5.04. The summed E-state index contributed by atoms with van der Waals surface area (Å²) in [7, 11) is 0. The second kappa shape index (κ2) is 4.28. The van der Waals surface area contributed by atoms with E-state index >= 15 is 0 Å². The van der Waals surface area contributed by atoms with Gasteiger partial charge in [-0.05, 0) is 19.3 Å². The second-order valence-corrected chi connectivity index (χ2v) is 3.81. The molecule has 0 atom stereocenters. The van der Waals surface area contributed by atoms with Crippen LogP contribution in [0.5, 0.6) is 0 Å². The molecule has 3 nitrogen and oxygen atoms in total. The normalized spacial score (nSPS) is 18.4. The zero-order valence-corrected chi connectivity index (χ0v) is 8.58. The van der Waals surface area contributed by atoms with Gasteiger partial charge in [0, 0.05) is 6.54 Å². The van der Waals surface area contributed by atoms with Crippen molar-refractivity contribution in [3.05, 3.63) is 0 Å². The van der Waals surface area contributed by atoms with Crippen LogP contribution in [0.2, 0.25) is 0 Å². The van der Waals surface area contributed by atoms with Gasteiger partial charge in [0.1, 0.15) is 5.54 Å². The molecular weight excluding hydrogens is 209 g/mol. The molecule has 0 aromatic carbocycles. The number of carbonyl (C=O) groups excluding carboxylic acids is 1. The van der Waals surface area contributed by atoms with Crippen LogP contribution in [0.25, 0.3) is 0 Å².